The summed E-state index contributed by atoms with van der Waals surface area (Å²) in [5.41, 5.74) is 0.796. The zero-order valence-electron chi connectivity index (χ0n) is 7.20. The fraction of sp³-hybridized carbons (Fsp3) is 0. The summed E-state index contributed by atoms with van der Waals surface area (Å²) >= 11 is 5.67. The molecule has 0 spiro atoms. The number of hydrogen-bond acceptors (Lipinski definition) is 1. The van der Waals surface area contributed by atoms with Gasteiger partial charge in [0.25, 0.3) is 0 Å². The van der Waals surface area contributed by atoms with Crippen molar-refractivity contribution in [3.8, 4) is 11.8 Å². The van der Waals surface area contributed by atoms with Gasteiger partial charge in [0.2, 0.25) is 0 Å². The zero-order valence-corrected chi connectivity index (χ0v) is 7.95. The van der Waals surface area contributed by atoms with Crippen LogP contribution in [0.1, 0.15) is 5.56 Å². The number of carboxylic acids is 1. The third-order valence-electron chi connectivity index (χ3n) is 1.37. The highest BCUT2D eigenvalue weighted by atomic mass is 35.5. The van der Waals surface area contributed by atoms with Crippen molar-refractivity contribution in [3.05, 3.63) is 47.0 Å². The minimum absolute atomic E-state index is 0.650. The normalized spacial score (nSPS) is 9.50. The molecule has 0 aromatic heterocycles. The number of benzene rings is 1. The standard InChI is InChI=1S/C11H7ClO2/c12-10-7-5-9(6-8-10)3-1-2-4-11(13)14/h2,4-8H,(H,13,14)/b4-2+. The van der Waals surface area contributed by atoms with Crippen molar-refractivity contribution in [3.63, 3.8) is 0 Å². The Hall–Kier alpha value is -1.72. The molecule has 0 amide bonds. The van der Waals surface area contributed by atoms with Gasteiger partial charge in [0.05, 0.1) is 0 Å². The Morgan fingerprint density at radius 2 is 2.00 bits per heavy atom. The lowest BCUT2D eigenvalue weighted by atomic mass is 10.2. The lowest BCUT2D eigenvalue weighted by molar-refractivity contribution is -0.131. The van der Waals surface area contributed by atoms with E-state index >= 15 is 0 Å². The Morgan fingerprint density at radius 1 is 1.36 bits per heavy atom. The van der Waals surface area contributed by atoms with Gasteiger partial charge in [0.15, 0.2) is 0 Å². The summed E-state index contributed by atoms with van der Waals surface area (Å²) in [4.78, 5) is 10.1. The Kier molecular flexibility index (Phi) is 3.78. The predicted molar refractivity (Wildman–Crippen MR) is 55.1 cm³/mol. The minimum Gasteiger partial charge on any atom is -0.478 e. The molecule has 0 aliphatic heterocycles. The molecule has 2 nitrogen and oxygen atoms in total. The van der Waals surface area contributed by atoms with Crippen LogP contribution in [0.25, 0.3) is 0 Å². The summed E-state index contributed by atoms with van der Waals surface area (Å²) < 4.78 is 0. The van der Waals surface area contributed by atoms with Crippen LogP contribution < -0.4 is 0 Å². The summed E-state index contributed by atoms with van der Waals surface area (Å²) in [6.45, 7) is 0. The second-order valence-electron chi connectivity index (χ2n) is 2.45. The van der Waals surface area contributed by atoms with Gasteiger partial charge in [-0.1, -0.05) is 23.4 Å². The number of hydrogen-bond donors (Lipinski definition) is 1. The van der Waals surface area contributed by atoms with Gasteiger partial charge in [0.1, 0.15) is 0 Å². The van der Waals surface area contributed by atoms with Crippen LogP contribution in [0.2, 0.25) is 5.02 Å². The highest BCUT2D eigenvalue weighted by Gasteiger charge is 1.86. The number of rotatable bonds is 1. The van der Waals surface area contributed by atoms with E-state index in [2.05, 4.69) is 11.8 Å². The van der Waals surface area contributed by atoms with Crippen molar-refractivity contribution < 1.29 is 9.90 Å². The fourth-order valence-corrected chi connectivity index (χ4v) is 0.897. The Bertz CT molecular complexity index is 407. The Balaban J connectivity index is 2.68. The van der Waals surface area contributed by atoms with E-state index in [1.54, 1.807) is 24.3 Å². The van der Waals surface area contributed by atoms with Gasteiger partial charge in [0, 0.05) is 16.7 Å². The van der Waals surface area contributed by atoms with Gasteiger partial charge in [-0.3, -0.25) is 0 Å². The number of halogens is 1. The minimum atomic E-state index is -1.00. The van der Waals surface area contributed by atoms with Crippen LogP contribution >= 0.6 is 11.6 Å². The molecule has 1 rings (SSSR count). The number of carboxylic acid groups (broad SMARTS) is 1. The molecule has 0 aliphatic rings. The molecule has 3 heteroatoms. The van der Waals surface area contributed by atoms with Gasteiger partial charge in [-0.25, -0.2) is 4.79 Å². The largest absolute Gasteiger partial charge is 0.478 e. The Labute approximate surface area is 86.8 Å². The molecule has 0 atom stereocenters. The van der Waals surface area contributed by atoms with E-state index in [4.69, 9.17) is 16.7 Å². The van der Waals surface area contributed by atoms with E-state index in [0.717, 1.165) is 11.6 Å². The maximum Gasteiger partial charge on any atom is 0.328 e. The number of carbonyl (C=O) groups is 1. The topological polar surface area (TPSA) is 37.3 Å². The smallest absolute Gasteiger partial charge is 0.328 e. The molecule has 0 bridgehead atoms. The average molecular weight is 207 g/mol. The van der Waals surface area contributed by atoms with Gasteiger partial charge in [-0.15, -0.1) is 0 Å². The molecule has 0 fully saturated rings. The molecule has 0 radical (unpaired) electrons. The first kappa shape index (κ1) is 10.4. The molecule has 0 unspecified atom stereocenters. The lowest BCUT2D eigenvalue weighted by Crippen LogP contribution is -1.84. The van der Waals surface area contributed by atoms with E-state index in [1.807, 2.05) is 0 Å². The van der Waals surface area contributed by atoms with Crippen LogP contribution in [0.5, 0.6) is 0 Å². The molecule has 0 saturated carbocycles. The molecule has 14 heavy (non-hydrogen) atoms. The second kappa shape index (κ2) is 5.11. The average Bonchev–Trinajstić information content (AvgIpc) is 2.15. The molecule has 1 N–H and O–H groups in total. The maximum atomic E-state index is 10.1. The van der Waals surface area contributed by atoms with Gasteiger partial charge < -0.3 is 5.11 Å². The maximum absolute atomic E-state index is 10.1. The molecular formula is C11H7ClO2. The molecule has 1 aromatic carbocycles. The summed E-state index contributed by atoms with van der Waals surface area (Å²) in [5, 5.41) is 8.92. The van der Waals surface area contributed by atoms with Crippen LogP contribution in [0.4, 0.5) is 0 Å². The summed E-state index contributed by atoms with van der Waals surface area (Å²) in [7, 11) is 0. The van der Waals surface area contributed by atoms with Crippen molar-refractivity contribution in [1.29, 1.82) is 0 Å². The zero-order chi connectivity index (χ0) is 10.4. The van der Waals surface area contributed by atoms with Crippen LogP contribution in [0.15, 0.2) is 36.4 Å². The highest BCUT2D eigenvalue weighted by Crippen LogP contribution is 2.08. The molecule has 0 saturated heterocycles. The van der Waals surface area contributed by atoms with Crippen molar-refractivity contribution >= 4 is 17.6 Å². The quantitative estimate of drug-likeness (QED) is 0.566. The van der Waals surface area contributed by atoms with E-state index < -0.39 is 5.97 Å². The first-order valence-corrected chi connectivity index (χ1v) is 4.23. The van der Waals surface area contributed by atoms with Crippen molar-refractivity contribution in [2.75, 3.05) is 0 Å². The van der Waals surface area contributed by atoms with E-state index in [1.165, 1.54) is 6.08 Å². The first-order valence-electron chi connectivity index (χ1n) is 3.85. The summed E-state index contributed by atoms with van der Waals surface area (Å²) in [5.74, 6) is 4.36. The molecule has 0 heterocycles. The molecule has 1 aromatic rings. The van der Waals surface area contributed by atoms with Crippen LogP contribution in [0.3, 0.4) is 0 Å². The van der Waals surface area contributed by atoms with Crippen LogP contribution in [-0.2, 0) is 4.79 Å². The van der Waals surface area contributed by atoms with Gasteiger partial charge >= 0.3 is 5.97 Å². The van der Waals surface area contributed by atoms with E-state index in [9.17, 15) is 4.79 Å². The third kappa shape index (κ3) is 3.79. The van der Waals surface area contributed by atoms with E-state index in [0.29, 0.717) is 5.02 Å². The summed E-state index contributed by atoms with van der Waals surface area (Å²) in [6, 6.07) is 6.99. The number of allylic oxidation sites excluding steroid dienone is 1. The highest BCUT2D eigenvalue weighted by molar-refractivity contribution is 6.30. The fourth-order valence-electron chi connectivity index (χ4n) is 0.771. The first-order chi connectivity index (χ1) is 6.68. The van der Waals surface area contributed by atoms with Crippen molar-refractivity contribution in [1.82, 2.24) is 0 Å². The summed E-state index contributed by atoms with van der Waals surface area (Å²) in [6.07, 6.45) is 2.28. The monoisotopic (exact) mass is 206 g/mol. The number of aliphatic carboxylic acids is 1. The van der Waals surface area contributed by atoms with Gasteiger partial charge in [-0.05, 0) is 30.3 Å². The SMILES string of the molecule is O=C(O)/C=C/C#Cc1ccc(Cl)cc1. The second-order valence-corrected chi connectivity index (χ2v) is 2.88. The van der Waals surface area contributed by atoms with Crippen molar-refractivity contribution in [2.45, 2.75) is 0 Å². The molecule has 70 valence electrons. The van der Waals surface area contributed by atoms with Crippen LogP contribution in [-0.4, -0.2) is 11.1 Å². The predicted octanol–water partition coefficient (Wildman–Crippen LogP) is 2.33. The molecular weight excluding hydrogens is 200 g/mol. The Morgan fingerprint density at radius 3 is 2.57 bits per heavy atom. The van der Waals surface area contributed by atoms with Crippen LogP contribution in [0, 0.1) is 11.8 Å². The molecule has 0 aliphatic carbocycles. The van der Waals surface area contributed by atoms with Gasteiger partial charge in [-0.2, -0.15) is 0 Å². The third-order valence-corrected chi connectivity index (χ3v) is 1.62. The van der Waals surface area contributed by atoms with E-state index in [-0.39, 0.29) is 0 Å². The van der Waals surface area contributed by atoms with Crippen molar-refractivity contribution in [2.24, 2.45) is 0 Å². The lowest BCUT2D eigenvalue weighted by Gasteiger charge is -1.88.